The summed E-state index contributed by atoms with van der Waals surface area (Å²) in [6.07, 6.45) is 7.95. The Morgan fingerprint density at radius 2 is 2.06 bits per heavy atom. The van der Waals surface area contributed by atoms with Gasteiger partial charge in [0.2, 0.25) is 0 Å². The van der Waals surface area contributed by atoms with E-state index in [0.717, 1.165) is 42.3 Å². The third kappa shape index (κ3) is 4.79. The van der Waals surface area contributed by atoms with E-state index >= 15 is 0 Å². The van der Waals surface area contributed by atoms with Crippen molar-refractivity contribution in [2.24, 2.45) is 18.7 Å². The van der Waals surface area contributed by atoms with Crippen molar-refractivity contribution in [2.45, 2.75) is 31.7 Å². The number of aromatic nitrogens is 3. The molecule has 2 unspecified atom stereocenters. The maximum atomic E-state index is 13.1. The predicted octanol–water partition coefficient (Wildman–Crippen LogP) is 4.91. The maximum absolute atomic E-state index is 13.1. The van der Waals surface area contributed by atoms with Crippen molar-refractivity contribution in [2.75, 3.05) is 5.32 Å². The number of fused-ring (bicyclic) bond motifs is 3. The Kier molecular flexibility index (Phi) is 6.54. The third-order valence-electron chi connectivity index (χ3n) is 6.35. The summed E-state index contributed by atoms with van der Waals surface area (Å²) in [5, 5.41) is 8.28. The van der Waals surface area contributed by atoms with Crippen molar-refractivity contribution in [1.82, 2.24) is 14.8 Å². The number of halogens is 2. The van der Waals surface area contributed by atoms with Crippen LogP contribution in [0.3, 0.4) is 0 Å². The molecule has 2 atom stereocenters. The summed E-state index contributed by atoms with van der Waals surface area (Å²) in [6, 6.07) is 11.4. The number of hydrogen-bond acceptors (Lipinski definition) is 3. The number of H-pyrrole nitrogens is 1. The van der Waals surface area contributed by atoms with Gasteiger partial charge in [0.05, 0.1) is 6.20 Å². The summed E-state index contributed by atoms with van der Waals surface area (Å²) in [4.78, 5) is 16.0. The van der Waals surface area contributed by atoms with E-state index in [9.17, 15) is 9.18 Å². The number of anilines is 1. The van der Waals surface area contributed by atoms with Gasteiger partial charge in [-0.3, -0.25) is 9.48 Å². The van der Waals surface area contributed by atoms with Crippen LogP contribution < -0.4 is 11.1 Å². The summed E-state index contributed by atoms with van der Waals surface area (Å²) >= 11 is 0. The van der Waals surface area contributed by atoms with Crippen molar-refractivity contribution < 1.29 is 9.18 Å². The van der Waals surface area contributed by atoms with E-state index < -0.39 is 0 Å². The van der Waals surface area contributed by atoms with Crippen LogP contribution in [-0.4, -0.2) is 20.7 Å². The van der Waals surface area contributed by atoms with Crippen molar-refractivity contribution >= 4 is 34.9 Å². The number of carbonyl (C=O) groups is 1. The van der Waals surface area contributed by atoms with Crippen LogP contribution >= 0.6 is 12.4 Å². The van der Waals surface area contributed by atoms with E-state index in [4.69, 9.17) is 5.73 Å². The first-order chi connectivity index (χ1) is 15.5. The quantitative estimate of drug-likeness (QED) is 0.389. The molecule has 5 rings (SSSR count). The Hall–Kier alpha value is -3.16. The minimum Gasteiger partial charge on any atom is -0.357 e. The monoisotopic (exact) mass is 467 g/mol. The van der Waals surface area contributed by atoms with Gasteiger partial charge in [-0.1, -0.05) is 0 Å². The fourth-order valence-electron chi connectivity index (χ4n) is 4.73. The van der Waals surface area contributed by atoms with Crippen LogP contribution in [0.4, 0.5) is 10.1 Å². The Morgan fingerprint density at radius 3 is 2.79 bits per heavy atom. The number of aryl methyl sites for hydroxylation is 2. The van der Waals surface area contributed by atoms with Gasteiger partial charge in [0.25, 0.3) is 5.91 Å². The topological polar surface area (TPSA) is 88.7 Å². The Balaban J connectivity index is 0.00000259. The zero-order chi connectivity index (χ0) is 22.2. The minimum absolute atomic E-state index is 0. The van der Waals surface area contributed by atoms with Gasteiger partial charge in [0.1, 0.15) is 5.82 Å². The van der Waals surface area contributed by atoms with Crippen molar-refractivity contribution in [3.05, 3.63) is 83.1 Å². The number of benzene rings is 2. The number of aromatic amines is 1. The minimum atomic E-state index is -0.364. The molecule has 0 aliphatic heterocycles. The second kappa shape index (κ2) is 9.37. The highest BCUT2D eigenvalue weighted by Gasteiger charge is 2.28. The third-order valence-corrected chi connectivity index (χ3v) is 6.35. The molecule has 0 fully saturated rings. The van der Waals surface area contributed by atoms with E-state index in [1.165, 1.54) is 35.4 Å². The van der Waals surface area contributed by atoms with Crippen molar-refractivity contribution in [3.63, 3.8) is 0 Å². The second-order valence-electron chi connectivity index (χ2n) is 8.71. The summed E-state index contributed by atoms with van der Waals surface area (Å²) in [5.74, 6) is -0.134. The van der Waals surface area contributed by atoms with E-state index in [1.54, 1.807) is 0 Å². The average molecular weight is 468 g/mol. The summed E-state index contributed by atoms with van der Waals surface area (Å²) in [7, 11) is 1.94. The summed E-state index contributed by atoms with van der Waals surface area (Å²) in [6.45, 7) is 0. The van der Waals surface area contributed by atoms with Gasteiger partial charge in [0, 0.05) is 47.1 Å². The Labute approximate surface area is 197 Å². The standard InChI is InChI=1S/C25H26FN5O.ClH/c1-31-14-16(13-28-31)3-2-15-10-21-20-12-19(8-9-23(20)30-24(21)22(27)11-15)29-25(32)17-4-6-18(26)7-5-17;/h4-9,12-15,22,30H,2-3,10-11,27H2,1H3,(H,29,32);1H. The molecule has 172 valence electrons. The molecule has 1 amide bonds. The zero-order valence-corrected chi connectivity index (χ0v) is 19.2. The molecule has 0 spiro atoms. The van der Waals surface area contributed by atoms with E-state index in [1.807, 2.05) is 36.1 Å². The molecule has 2 heterocycles. The number of amides is 1. The van der Waals surface area contributed by atoms with Crippen LogP contribution in [0.5, 0.6) is 0 Å². The van der Waals surface area contributed by atoms with Gasteiger partial charge in [-0.2, -0.15) is 5.10 Å². The van der Waals surface area contributed by atoms with Gasteiger partial charge in [0.15, 0.2) is 0 Å². The first kappa shape index (κ1) is 23.0. The normalized spacial score (nSPS) is 17.4. The highest BCUT2D eigenvalue weighted by Crippen LogP contribution is 2.38. The van der Waals surface area contributed by atoms with Crippen LogP contribution in [0, 0.1) is 11.7 Å². The van der Waals surface area contributed by atoms with E-state index in [0.29, 0.717) is 17.2 Å². The maximum Gasteiger partial charge on any atom is 0.255 e. The highest BCUT2D eigenvalue weighted by atomic mass is 35.5. The van der Waals surface area contributed by atoms with Crippen LogP contribution in [0.2, 0.25) is 0 Å². The number of nitrogens with one attached hydrogen (secondary N) is 2. The molecule has 0 saturated heterocycles. The van der Waals surface area contributed by atoms with Gasteiger partial charge in [-0.15, -0.1) is 12.4 Å². The predicted molar refractivity (Wildman–Crippen MR) is 130 cm³/mol. The molecule has 0 radical (unpaired) electrons. The SMILES string of the molecule is Cl.Cn1cc(CCC2Cc3c([nH]c4ccc(NC(=O)c5ccc(F)cc5)cc34)C(N)C2)cn1. The van der Waals surface area contributed by atoms with E-state index in [-0.39, 0.29) is 30.2 Å². The molecule has 1 aliphatic rings. The fraction of sp³-hybridized carbons (Fsp3) is 0.280. The molecule has 0 bridgehead atoms. The summed E-state index contributed by atoms with van der Waals surface area (Å²) in [5.41, 5.74) is 12.3. The van der Waals surface area contributed by atoms with Crippen LogP contribution in [0.15, 0.2) is 54.9 Å². The molecule has 1 aliphatic carbocycles. The second-order valence-corrected chi connectivity index (χ2v) is 8.71. The molecule has 4 aromatic rings. The Morgan fingerprint density at radius 1 is 1.27 bits per heavy atom. The van der Waals surface area contributed by atoms with Gasteiger partial charge >= 0.3 is 0 Å². The van der Waals surface area contributed by atoms with E-state index in [2.05, 4.69) is 21.6 Å². The lowest BCUT2D eigenvalue weighted by Gasteiger charge is -2.27. The van der Waals surface area contributed by atoms with Crippen LogP contribution in [0.1, 0.15) is 46.1 Å². The lowest BCUT2D eigenvalue weighted by molar-refractivity contribution is 0.102. The molecule has 4 N–H and O–H groups in total. The number of carbonyl (C=O) groups excluding carboxylic acids is 1. The van der Waals surface area contributed by atoms with Gasteiger partial charge in [-0.25, -0.2) is 4.39 Å². The largest absolute Gasteiger partial charge is 0.357 e. The molecular formula is C25H27ClFN5O. The van der Waals surface area contributed by atoms with Crippen molar-refractivity contribution in [1.29, 1.82) is 0 Å². The first-order valence-electron chi connectivity index (χ1n) is 10.9. The molecule has 33 heavy (non-hydrogen) atoms. The lowest BCUT2D eigenvalue weighted by Crippen LogP contribution is -2.24. The smallest absolute Gasteiger partial charge is 0.255 e. The van der Waals surface area contributed by atoms with Crippen LogP contribution in [0.25, 0.3) is 10.9 Å². The number of nitrogens with two attached hydrogens (primary N) is 1. The first-order valence-corrected chi connectivity index (χ1v) is 10.9. The Bertz CT molecular complexity index is 1280. The number of hydrogen-bond donors (Lipinski definition) is 3. The molecule has 6 nitrogen and oxygen atoms in total. The molecular weight excluding hydrogens is 441 g/mol. The number of rotatable bonds is 5. The average Bonchev–Trinajstić information content (AvgIpc) is 3.36. The molecule has 2 aromatic carbocycles. The van der Waals surface area contributed by atoms with Gasteiger partial charge in [-0.05, 0) is 85.2 Å². The molecule has 8 heteroatoms. The summed E-state index contributed by atoms with van der Waals surface area (Å²) < 4.78 is 15.0. The number of nitrogens with zero attached hydrogens (tertiary/aromatic N) is 2. The lowest BCUT2D eigenvalue weighted by atomic mass is 9.81. The molecule has 0 saturated carbocycles. The van der Waals surface area contributed by atoms with Crippen LogP contribution in [-0.2, 0) is 19.9 Å². The highest BCUT2D eigenvalue weighted by molar-refractivity contribution is 6.05. The van der Waals surface area contributed by atoms with Crippen molar-refractivity contribution in [3.8, 4) is 0 Å². The van der Waals surface area contributed by atoms with Gasteiger partial charge < -0.3 is 16.0 Å². The fourth-order valence-corrected chi connectivity index (χ4v) is 4.73. The zero-order valence-electron chi connectivity index (χ0n) is 18.3. The molecule has 2 aromatic heterocycles.